The molecule has 1 aliphatic carbocycles. The number of carboxylic acid groups (broad SMARTS) is 1. The lowest BCUT2D eigenvalue weighted by molar-refractivity contribution is -0.140. The second-order valence-corrected chi connectivity index (χ2v) is 9.89. The monoisotopic (exact) mass is 486 g/mol. The molecule has 1 saturated carbocycles. The molecule has 0 spiro atoms. The molecule has 2 N–H and O–H groups in total. The van der Waals surface area contributed by atoms with Crippen molar-refractivity contribution in [3.05, 3.63) is 81.9 Å². The van der Waals surface area contributed by atoms with Crippen LogP contribution in [0.5, 0.6) is 0 Å². The normalized spacial score (nSPS) is 24.5. The van der Waals surface area contributed by atoms with Crippen LogP contribution in [0.1, 0.15) is 37.3 Å². The van der Waals surface area contributed by atoms with Crippen molar-refractivity contribution in [1.29, 1.82) is 0 Å². The van der Waals surface area contributed by atoms with Gasteiger partial charge in [0, 0.05) is 26.6 Å². The number of allylic oxidation sites excluding steroid dienone is 1. The summed E-state index contributed by atoms with van der Waals surface area (Å²) < 4.78 is 0. The number of nitrogens with zero attached hydrogens (tertiary/aromatic N) is 1. The number of hydrogen-bond donors (Lipinski definition) is 2. The van der Waals surface area contributed by atoms with E-state index in [4.69, 9.17) is 23.2 Å². The molecule has 7 heteroatoms. The minimum absolute atomic E-state index is 0.0201. The van der Waals surface area contributed by atoms with E-state index in [1.807, 2.05) is 24.3 Å². The van der Waals surface area contributed by atoms with Crippen LogP contribution in [0.4, 0.5) is 0 Å². The fourth-order valence-corrected chi connectivity index (χ4v) is 5.36. The van der Waals surface area contributed by atoms with Crippen molar-refractivity contribution in [2.75, 3.05) is 19.6 Å². The smallest absolute Gasteiger partial charge is 0.314 e. The highest BCUT2D eigenvalue weighted by Gasteiger charge is 2.60. The first-order valence-electron chi connectivity index (χ1n) is 11.2. The predicted molar refractivity (Wildman–Crippen MR) is 131 cm³/mol. The Labute approximate surface area is 204 Å². The molecule has 4 rings (SSSR count). The topological polar surface area (TPSA) is 69.6 Å². The van der Waals surface area contributed by atoms with Gasteiger partial charge in [-0.15, -0.1) is 0 Å². The molecule has 2 atom stereocenters. The van der Waals surface area contributed by atoms with E-state index in [0.29, 0.717) is 22.0 Å². The molecule has 1 aliphatic heterocycles. The van der Waals surface area contributed by atoms with E-state index in [1.54, 1.807) is 25.1 Å². The number of piperidine rings is 1. The second-order valence-electron chi connectivity index (χ2n) is 9.07. The molecule has 5 nitrogen and oxygen atoms in total. The molecule has 2 aromatic rings. The van der Waals surface area contributed by atoms with Crippen LogP contribution in [0.3, 0.4) is 0 Å². The quantitative estimate of drug-likeness (QED) is 0.539. The third-order valence-electron chi connectivity index (χ3n) is 7.01. The molecule has 2 aromatic carbocycles. The second kappa shape index (κ2) is 9.49. The van der Waals surface area contributed by atoms with Gasteiger partial charge in [0.2, 0.25) is 5.91 Å². The molecule has 0 aromatic heterocycles. The Morgan fingerprint density at radius 3 is 2.39 bits per heavy atom. The molecule has 1 heterocycles. The zero-order valence-corrected chi connectivity index (χ0v) is 20.1. The molecule has 2 fully saturated rings. The molecular weight excluding hydrogens is 459 g/mol. The van der Waals surface area contributed by atoms with Gasteiger partial charge in [0.1, 0.15) is 0 Å². The van der Waals surface area contributed by atoms with Crippen molar-refractivity contribution in [3.8, 4) is 0 Å². The standard InChI is InChI=1S/C26H28Cl2N2O3/c1-18(31)29-25(19-6-3-2-4-7-19)11-14-30(15-12-25)13-5-8-21-17-26(21,24(32)33)20-9-10-22(27)23(28)16-20/h2-10,16,21H,11-15,17H2,1H3,(H,29,31)(H,32,33)/b8-5+/t21-,26-/m1/s1. The molecule has 174 valence electrons. The highest BCUT2D eigenvalue weighted by molar-refractivity contribution is 6.42. The Hall–Kier alpha value is -2.34. The maximum absolute atomic E-state index is 12.1. The first-order valence-corrected chi connectivity index (χ1v) is 11.9. The fraction of sp³-hybridized carbons (Fsp3) is 0.385. The van der Waals surface area contributed by atoms with E-state index in [2.05, 4.69) is 28.4 Å². The number of carbonyl (C=O) groups is 2. The van der Waals surface area contributed by atoms with E-state index in [9.17, 15) is 14.7 Å². The summed E-state index contributed by atoms with van der Waals surface area (Å²) >= 11 is 12.1. The van der Waals surface area contributed by atoms with Crippen LogP contribution >= 0.6 is 23.2 Å². The summed E-state index contributed by atoms with van der Waals surface area (Å²) in [6, 6.07) is 15.2. The number of amides is 1. The molecular formula is C26H28Cl2N2O3. The average molecular weight is 487 g/mol. The first-order chi connectivity index (χ1) is 15.8. The number of carbonyl (C=O) groups excluding carboxylic acids is 1. The summed E-state index contributed by atoms with van der Waals surface area (Å²) in [5.41, 5.74) is 0.567. The molecule has 0 unspecified atom stereocenters. The maximum Gasteiger partial charge on any atom is 0.314 e. The van der Waals surface area contributed by atoms with Crippen LogP contribution < -0.4 is 5.32 Å². The van der Waals surface area contributed by atoms with Crippen molar-refractivity contribution in [2.45, 2.75) is 37.1 Å². The predicted octanol–water partition coefficient (Wildman–Crippen LogP) is 5.02. The van der Waals surface area contributed by atoms with Gasteiger partial charge >= 0.3 is 5.97 Å². The van der Waals surface area contributed by atoms with Gasteiger partial charge in [-0.2, -0.15) is 0 Å². The van der Waals surface area contributed by atoms with Gasteiger partial charge < -0.3 is 10.4 Å². The number of rotatable bonds is 7. The molecule has 1 amide bonds. The fourth-order valence-electron chi connectivity index (χ4n) is 5.07. The van der Waals surface area contributed by atoms with E-state index in [-0.39, 0.29) is 17.4 Å². The van der Waals surface area contributed by atoms with Crippen LogP contribution in [-0.2, 0) is 20.5 Å². The molecule has 0 radical (unpaired) electrons. The lowest BCUT2D eigenvalue weighted by Crippen LogP contribution is -2.52. The summed E-state index contributed by atoms with van der Waals surface area (Å²) in [5.74, 6) is -0.926. The molecule has 0 bridgehead atoms. The van der Waals surface area contributed by atoms with Gasteiger partial charge in [-0.25, -0.2) is 0 Å². The highest BCUT2D eigenvalue weighted by Crippen LogP contribution is 2.56. The van der Waals surface area contributed by atoms with E-state index in [1.165, 1.54) is 0 Å². The van der Waals surface area contributed by atoms with Crippen molar-refractivity contribution in [1.82, 2.24) is 10.2 Å². The van der Waals surface area contributed by atoms with Crippen molar-refractivity contribution in [3.63, 3.8) is 0 Å². The third kappa shape index (κ3) is 4.81. The van der Waals surface area contributed by atoms with Crippen molar-refractivity contribution >= 4 is 35.1 Å². The SMILES string of the molecule is CC(=O)NC1(c2ccccc2)CCN(C/C=C/[C@@H]2C[C@@]2(C(=O)O)c2ccc(Cl)c(Cl)c2)CC1. The van der Waals surface area contributed by atoms with E-state index < -0.39 is 11.4 Å². The Morgan fingerprint density at radius 2 is 1.79 bits per heavy atom. The Kier molecular flexibility index (Phi) is 6.85. The largest absolute Gasteiger partial charge is 0.481 e. The van der Waals surface area contributed by atoms with Gasteiger partial charge in [-0.3, -0.25) is 14.5 Å². The van der Waals surface area contributed by atoms with Crippen molar-refractivity contribution < 1.29 is 14.7 Å². The number of nitrogens with one attached hydrogen (secondary N) is 1. The number of benzene rings is 2. The van der Waals surface area contributed by atoms with Gasteiger partial charge in [0.05, 0.1) is 21.0 Å². The maximum atomic E-state index is 12.1. The Morgan fingerprint density at radius 1 is 1.09 bits per heavy atom. The number of halogens is 2. The number of likely N-dealkylation sites (tertiary alicyclic amines) is 1. The van der Waals surface area contributed by atoms with Gasteiger partial charge in [-0.05, 0) is 48.4 Å². The lowest BCUT2D eigenvalue weighted by atomic mass is 9.80. The van der Waals surface area contributed by atoms with Crippen LogP contribution in [-0.4, -0.2) is 41.5 Å². The van der Waals surface area contributed by atoms with E-state index in [0.717, 1.165) is 38.0 Å². The third-order valence-corrected chi connectivity index (χ3v) is 7.75. The van der Waals surface area contributed by atoms with E-state index >= 15 is 0 Å². The lowest BCUT2D eigenvalue weighted by Gasteiger charge is -2.42. The van der Waals surface area contributed by atoms with Crippen LogP contribution in [0, 0.1) is 5.92 Å². The Balaban J connectivity index is 1.38. The first kappa shape index (κ1) is 23.8. The summed E-state index contributed by atoms with van der Waals surface area (Å²) in [4.78, 5) is 26.3. The summed E-state index contributed by atoms with van der Waals surface area (Å²) in [5, 5.41) is 13.9. The summed E-state index contributed by atoms with van der Waals surface area (Å²) in [6.07, 6.45) is 6.30. The molecule has 1 saturated heterocycles. The van der Waals surface area contributed by atoms with Crippen molar-refractivity contribution in [2.24, 2.45) is 5.92 Å². The number of carboxylic acids is 1. The number of hydrogen-bond acceptors (Lipinski definition) is 3. The van der Waals surface area contributed by atoms with Crippen LogP contribution in [0.15, 0.2) is 60.7 Å². The minimum atomic E-state index is -0.930. The zero-order chi connectivity index (χ0) is 23.6. The molecule has 2 aliphatic rings. The van der Waals surface area contributed by atoms with Gasteiger partial charge in [0.25, 0.3) is 0 Å². The Bertz CT molecular complexity index is 1060. The minimum Gasteiger partial charge on any atom is -0.481 e. The highest BCUT2D eigenvalue weighted by atomic mass is 35.5. The van der Waals surface area contributed by atoms with Gasteiger partial charge in [0.15, 0.2) is 0 Å². The van der Waals surface area contributed by atoms with Crippen LogP contribution in [0.25, 0.3) is 0 Å². The average Bonchev–Trinajstić information content (AvgIpc) is 3.53. The molecule has 33 heavy (non-hydrogen) atoms. The zero-order valence-electron chi connectivity index (χ0n) is 18.6. The van der Waals surface area contributed by atoms with Crippen LogP contribution in [0.2, 0.25) is 10.0 Å². The van der Waals surface area contributed by atoms with Gasteiger partial charge in [-0.1, -0.05) is 71.8 Å². The summed E-state index contributed by atoms with van der Waals surface area (Å²) in [6.45, 7) is 4.01. The summed E-state index contributed by atoms with van der Waals surface area (Å²) in [7, 11) is 0. The number of aliphatic carboxylic acids is 1.